The number of aliphatic carboxylic acids is 1. The first-order valence-electron chi connectivity index (χ1n) is 5.65. The maximum Gasteiger partial charge on any atom is 0.308 e. The van der Waals surface area contributed by atoms with E-state index in [9.17, 15) is 9.59 Å². The number of rotatable bonds is 2. The number of hydrogen-bond acceptors (Lipinski definition) is 4. The standard InChI is InChI=1S/C11H15NO5/c13-10(9-7-16-4-5-17-9)12-3-1-2-8(6-12)11(14)15/h7-8H,1-6H2,(H,14,15)/t8-/m1/s1. The molecule has 0 aromatic rings. The molecule has 94 valence electrons. The first-order chi connectivity index (χ1) is 8.18. The summed E-state index contributed by atoms with van der Waals surface area (Å²) < 4.78 is 10.2. The van der Waals surface area contributed by atoms with E-state index in [1.54, 1.807) is 0 Å². The highest BCUT2D eigenvalue weighted by atomic mass is 16.6. The van der Waals surface area contributed by atoms with Crippen LogP contribution >= 0.6 is 0 Å². The van der Waals surface area contributed by atoms with Gasteiger partial charge < -0.3 is 19.5 Å². The van der Waals surface area contributed by atoms with Gasteiger partial charge in [-0.05, 0) is 12.8 Å². The number of carboxylic acids is 1. The van der Waals surface area contributed by atoms with Crippen molar-refractivity contribution in [3.8, 4) is 0 Å². The summed E-state index contributed by atoms with van der Waals surface area (Å²) in [5, 5.41) is 8.94. The fraction of sp³-hybridized carbons (Fsp3) is 0.636. The van der Waals surface area contributed by atoms with E-state index in [4.69, 9.17) is 14.6 Å². The van der Waals surface area contributed by atoms with Crippen molar-refractivity contribution < 1.29 is 24.2 Å². The monoisotopic (exact) mass is 241 g/mol. The molecular formula is C11H15NO5. The SMILES string of the molecule is O=C(O)[C@@H]1CCCN(C(=O)C2=COCCO2)C1. The van der Waals surface area contributed by atoms with Gasteiger partial charge in [-0.15, -0.1) is 0 Å². The van der Waals surface area contributed by atoms with Crippen LogP contribution in [0, 0.1) is 5.92 Å². The Hall–Kier alpha value is -1.72. The molecular weight excluding hydrogens is 226 g/mol. The average Bonchev–Trinajstić information content (AvgIpc) is 2.39. The van der Waals surface area contributed by atoms with Crippen LogP contribution in [0.1, 0.15) is 12.8 Å². The van der Waals surface area contributed by atoms with Crippen LogP contribution < -0.4 is 0 Å². The normalized spacial score (nSPS) is 24.4. The Morgan fingerprint density at radius 3 is 2.88 bits per heavy atom. The van der Waals surface area contributed by atoms with Crippen molar-refractivity contribution in [1.82, 2.24) is 4.90 Å². The molecule has 1 saturated heterocycles. The number of ether oxygens (including phenoxy) is 2. The summed E-state index contributed by atoms with van der Waals surface area (Å²) >= 11 is 0. The zero-order chi connectivity index (χ0) is 12.3. The molecule has 0 spiro atoms. The van der Waals surface area contributed by atoms with Crippen LogP contribution in [0.15, 0.2) is 12.0 Å². The second-order valence-electron chi connectivity index (χ2n) is 4.13. The Kier molecular flexibility index (Phi) is 3.51. The lowest BCUT2D eigenvalue weighted by molar-refractivity contribution is -0.145. The number of nitrogens with zero attached hydrogens (tertiary/aromatic N) is 1. The number of carboxylic acid groups (broad SMARTS) is 1. The molecule has 1 N–H and O–H groups in total. The third-order valence-electron chi connectivity index (χ3n) is 2.92. The number of likely N-dealkylation sites (tertiary alicyclic amines) is 1. The van der Waals surface area contributed by atoms with Crippen LogP contribution in [-0.2, 0) is 19.1 Å². The Morgan fingerprint density at radius 1 is 1.41 bits per heavy atom. The second kappa shape index (κ2) is 5.07. The maximum absolute atomic E-state index is 12.0. The van der Waals surface area contributed by atoms with Gasteiger partial charge in [0, 0.05) is 13.1 Å². The quantitative estimate of drug-likeness (QED) is 0.747. The molecule has 1 atom stereocenters. The zero-order valence-electron chi connectivity index (χ0n) is 9.42. The summed E-state index contributed by atoms with van der Waals surface area (Å²) in [5.74, 6) is -1.44. The lowest BCUT2D eigenvalue weighted by Crippen LogP contribution is -2.43. The van der Waals surface area contributed by atoms with E-state index in [0.717, 1.165) is 0 Å². The van der Waals surface area contributed by atoms with Gasteiger partial charge >= 0.3 is 5.97 Å². The van der Waals surface area contributed by atoms with E-state index >= 15 is 0 Å². The molecule has 17 heavy (non-hydrogen) atoms. The summed E-state index contributed by atoms with van der Waals surface area (Å²) in [6.45, 7) is 1.61. The van der Waals surface area contributed by atoms with Crippen LogP contribution in [0.2, 0.25) is 0 Å². The lowest BCUT2D eigenvalue weighted by atomic mass is 9.98. The van der Waals surface area contributed by atoms with Crippen LogP contribution in [0.25, 0.3) is 0 Å². The van der Waals surface area contributed by atoms with Crippen molar-refractivity contribution in [2.75, 3.05) is 26.3 Å². The van der Waals surface area contributed by atoms with Gasteiger partial charge in [-0.2, -0.15) is 0 Å². The van der Waals surface area contributed by atoms with Gasteiger partial charge in [0.2, 0.25) is 5.76 Å². The second-order valence-corrected chi connectivity index (χ2v) is 4.13. The fourth-order valence-corrected chi connectivity index (χ4v) is 2.00. The maximum atomic E-state index is 12.0. The van der Waals surface area contributed by atoms with Gasteiger partial charge in [0.25, 0.3) is 5.91 Å². The van der Waals surface area contributed by atoms with Gasteiger partial charge in [-0.25, -0.2) is 0 Å². The molecule has 0 bridgehead atoms. The largest absolute Gasteiger partial charge is 0.494 e. The average molecular weight is 241 g/mol. The molecule has 1 fully saturated rings. The minimum absolute atomic E-state index is 0.169. The number of carbonyl (C=O) groups is 2. The lowest BCUT2D eigenvalue weighted by Gasteiger charge is -2.31. The molecule has 6 nitrogen and oxygen atoms in total. The molecule has 0 aromatic heterocycles. The molecule has 0 radical (unpaired) electrons. The van der Waals surface area contributed by atoms with Crippen LogP contribution in [0.3, 0.4) is 0 Å². The summed E-state index contributed by atoms with van der Waals surface area (Å²) in [6.07, 6.45) is 2.63. The van der Waals surface area contributed by atoms with E-state index in [0.29, 0.717) is 32.6 Å². The minimum atomic E-state index is -0.850. The number of amides is 1. The van der Waals surface area contributed by atoms with E-state index in [1.807, 2.05) is 0 Å². The van der Waals surface area contributed by atoms with Crippen LogP contribution in [0.5, 0.6) is 0 Å². The third-order valence-corrected chi connectivity index (χ3v) is 2.92. The van der Waals surface area contributed by atoms with Gasteiger partial charge in [-0.3, -0.25) is 9.59 Å². The highest BCUT2D eigenvalue weighted by Gasteiger charge is 2.30. The van der Waals surface area contributed by atoms with Crippen molar-refractivity contribution in [3.63, 3.8) is 0 Å². The molecule has 0 saturated carbocycles. The van der Waals surface area contributed by atoms with Gasteiger partial charge in [0.1, 0.15) is 19.5 Å². The Balaban J connectivity index is 1.99. The summed E-state index contributed by atoms with van der Waals surface area (Å²) in [4.78, 5) is 24.4. The molecule has 0 unspecified atom stereocenters. The molecule has 2 aliphatic rings. The molecule has 0 aliphatic carbocycles. The first-order valence-corrected chi connectivity index (χ1v) is 5.65. The zero-order valence-corrected chi connectivity index (χ0v) is 9.42. The molecule has 2 rings (SSSR count). The van der Waals surface area contributed by atoms with Gasteiger partial charge in [0.05, 0.1) is 5.92 Å². The van der Waals surface area contributed by atoms with Crippen molar-refractivity contribution in [1.29, 1.82) is 0 Å². The Labute approximate surface area is 98.8 Å². The third kappa shape index (κ3) is 2.69. The summed E-state index contributed by atoms with van der Waals surface area (Å²) in [7, 11) is 0. The summed E-state index contributed by atoms with van der Waals surface area (Å²) in [6, 6.07) is 0. The molecule has 1 amide bonds. The fourth-order valence-electron chi connectivity index (χ4n) is 2.00. The molecule has 2 heterocycles. The predicted molar refractivity (Wildman–Crippen MR) is 56.9 cm³/mol. The Morgan fingerprint density at radius 2 is 2.24 bits per heavy atom. The topological polar surface area (TPSA) is 76.1 Å². The first kappa shape index (κ1) is 11.8. The molecule has 0 aromatic carbocycles. The Bertz CT molecular complexity index is 352. The van der Waals surface area contributed by atoms with E-state index in [-0.39, 0.29) is 18.2 Å². The highest BCUT2D eigenvalue weighted by molar-refractivity contribution is 5.91. The van der Waals surface area contributed by atoms with Crippen molar-refractivity contribution in [2.45, 2.75) is 12.8 Å². The van der Waals surface area contributed by atoms with E-state index < -0.39 is 11.9 Å². The smallest absolute Gasteiger partial charge is 0.308 e. The minimum Gasteiger partial charge on any atom is -0.494 e. The predicted octanol–water partition coefficient (Wildman–Crippen LogP) is 0.198. The van der Waals surface area contributed by atoms with Crippen molar-refractivity contribution >= 4 is 11.9 Å². The molecule has 6 heteroatoms. The van der Waals surface area contributed by atoms with Crippen LogP contribution in [0.4, 0.5) is 0 Å². The number of carbonyl (C=O) groups excluding carboxylic acids is 1. The van der Waals surface area contributed by atoms with Crippen LogP contribution in [-0.4, -0.2) is 48.2 Å². The van der Waals surface area contributed by atoms with Gasteiger partial charge in [-0.1, -0.05) is 0 Å². The molecule has 2 aliphatic heterocycles. The highest BCUT2D eigenvalue weighted by Crippen LogP contribution is 2.19. The van der Waals surface area contributed by atoms with Crippen molar-refractivity contribution in [2.24, 2.45) is 5.92 Å². The van der Waals surface area contributed by atoms with Crippen molar-refractivity contribution in [3.05, 3.63) is 12.0 Å². The van der Waals surface area contributed by atoms with E-state index in [1.165, 1.54) is 11.2 Å². The summed E-state index contributed by atoms with van der Waals surface area (Å²) in [5.41, 5.74) is 0. The van der Waals surface area contributed by atoms with E-state index in [2.05, 4.69) is 0 Å². The van der Waals surface area contributed by atoms with Gasteiger partial charge in [0.15, 0.2) is 0 Å². The number of piperidine rings is 1. The number of hydrogen-bond donors (Lipinski definition) is 1.